The molecular weight excluding hydrogens is 679 g/mol. The van der Waals surface area contributed by atoms with E-state index >= 15 is 0 Å². The molecule has 0 amide bonds. The van der Waals surface area contributed by atoms with E-state index in [4.69, 9.17) is 4.42 Å². The second kappa shape index (κ2) is 13.2. The van der Waals surface area contributed by atoms with E-state index in [2.05, 4.69) is 211 Å². The molecule has 0 aliphatic carbocycles. The summed E-state index contributed by atoms with van der Waals surface area (Å²) >= 11 is 0. The van der Waals surface area contributed by atoms with Crippen molar-refractivity contribution in [2.45, 2.75) is 0 Å². The van der Waals surface area contributed by atoms with Crippen molar-refractivity contribution in [1.82, 2.24) is 0 Å². The van der Waals surface area contributed by atoms with Gasteiger partial charge in [-0.25, -0.2) is 0 Å². The maximum Gasteiger partial charge on any atom is 0.143 e. The summed E-state index contributed by atoms with van der Waals surface area (Å²) in [6.45, 7) is 0. The highest BCUT2D eigenvalue weighted by Crippen LogP contribution is 2.42. The van der Waals surface area contributed by atoms with Gasteiger partial charge in [-0.1, -0.05) is 164 Å². The Kier molecular flexibility index (Phi) is 7.53. The average molecular weight is 714 g/mol. The van der Waals surface area contributed by atoms with Crippen LogP contribution >= 0.6 is 0 Å². The molecule has 0 atom stereocenters. The molecule has 0 saturated carbocycles. The lowest BCUT2D eigenvalue weighted by molar-refractivity contribution is 0.670. The van der Waals surface area contributed by atoms with E-state index in [0.717, 1.165) is 61.3 Å². The third kappa shape index (κ3) is 5.42. The van der Waals surface area contributed by atoms with Gasteiger partial charge in [0.2, 0.25) is 0 Å². The molecule has 0 aliphatic heterocycles. The normalized spacial score (nSPS) is 11.6. The van der Waals surface area contributed by atoms with E-state index in [1.54, 1.807) is 0 Å². The highest BCUT2D eigenvalue weighted by Gasteiger charge is 2.17. The van der Waals surface area contributed by atoms with Crippen LogP contribution < -0.4 is 4.90 Å². The van der Waals surface area contributed by atoms with Gasteiger partial charge < -0.3 is 9.32 Å². The summed E-state index contributed by atoms with van der Waals surface area (Å²) in [7, 11) is 0. The Labute approximate surface area is 325 Å². The molecule has 10 aromatic carbocycles. The highest BCUT2D eigenvalue weighted by atomic mass is 16.3. The fourth-order valence-corrected chi connectivity index (χ4v) is 8.44. The number of furan rings is 1. The van der Waals surface area contributed by atoms with Crippen molar-refractivity contribution in [3.05, 3.63) is 212 Å². The summed E-state index contributed by atoms with van der Waals surface area (Å²) in [5, 5.41) is 9.74. The molecule has 0 bridgehead atoms. The van der Waals surface area contributed by atoms with E-state index < -0.39 is 0 Å². The van der Waals surface area contributed by atoms with Crippen molar-refractivity contribution in [3.63, 3.8) is 0 Å². The zero-order valence-corrected chi connectivity index (χ0v) is 30.6. The second-order valence-electron chi connectivity index (χ2n) is 14.5. The maximum atomic E-state index is 6.48. The smallest absolute Gasteiger partial charge is 0.143 e. The largest absolute Gasteiger partial charge is 0.455 e. The van der Waals surface area contributed by atoms with Gasteiger partial charge in [0.1, 0.15) is 11.2 Å². The van der Waals surface area contributed by atoms with Crippen LogP contribution in [-0.4, -0.2) is 0 Å². The van der Waals surface area contributed by atoms with Crippen LogP contribution in [0.1, 0.15) is 0 Å². The minimum absolute atomic E-state index is 0.895. The summed E-state index contributed by atoms with van der Waals surface area (Å²) in [6.07, 6.45) is 0. The zero-order chi connectivity index (χ0) is 37.0. The molecule has 1 heterocycles. The Bertz CT molecular complexity index is 3230. The minimum atomic E-state index is 0.895. The molecule has 0 fully saturated rings. The number of para-hydroxylation sites is 1. The van der Waals surface area contributed by atoms with E-state index in [1.165, 1.54) is 43.4 Å². The van der Waals surface area contributed by atoms with Gasteiger partial charge in [-0.15, -0.1) is 0 Å². The first kappa shape index (κ1) is 32.0. The minimum Gasteiger partial charge on any atom is -0.455 e. The predicted octanol–water partition coefficient (Wildman–Crippen LogP) is 15.5. The van der Waals surface area contributed by atoms with Crippen LogP contribution in [0, 0.1) is 0 Å². The van der Waals surface area contributed by atoms with Gasteiger partial charge in [0.05, 0.1) is 5.69 Å². The third-order valence-electron chi connectivity index (χ3n) is 11.3. The fraction of sp³-hybridized carbons (Fsp3) is 0. The summed E-state index contributed by atoms with van der Waals surface area (Å²) in [6, 6.07) is 76.4. The molecule has 0 spiro atoms. The number of anilines is 3. The average Bonchev–Trinajstić information content (AvgIpc) is 3.65. The molecule has 0 radical (unpaired) electrons. The van der Waals surface area contributed by atoms with Crippen LogP contribution in [0.5, 0.6) is 0 Å². The molecule has 0 unspecified atom stereocenters. The van der Waals surface area contributed by atoms with E-state index in [0.29, 0.717) is 0 Å². The third-order valence-corrected chi connectivity index (χ3v) is 11.3. The number of fused-ring (bicyclic) bond motifs is 7. The summed E-state index contributed by atoms with van der Waals surface area (Å²) in [5.41, 5.74) is 12.1. The molecule has 1 aromatic heterocycles. The lowest BCUT2D eigenvalue weighted by Gasteiger charge is -2.27. The standard InChI is InChI=1S/C54H35NO/c1-2-10-39(11-3-1)48-17-9-18-49-51-35-43(28-33-53(51)56-54(48)49)37-26-31-45(32-27-37)55(52-19-8-14-38-12-5-7-16-47(38)52)44-29-24-36(25-30-44)42-23-22-41-21-20-40-13-4-6-15-46(40)50(41)34-42/h1-35H. The monoisotopic (exact) mass is 713 g/mol. The van der Waals surface area contributed by atoms with E-state index in [1.807, 2.05) is 6.07 Å². The quantitative estimate of drug-likeness (QED) is 0.160. The highest BCUT2D eigenvalue weighted by molar-refractivity contribution is 6.11. The Hall–Kier alpha value is -7.42. The number of hydrogen-bond acceptors (Lipinski definition) is 2. The van der Waals surface area contributed by atoms with Crippen LogP contribution in [0.25, 0.3) is 87.6 Å². The van der Waals surface area contributed by atoms with Gasteiger partial charge in [0.15, 0.2) is 0 Å². The first-order chi connectivity index (χ1) is 27.7. The van der Waals surface area contributed by atoms with Crippen LogP contribution in [0.15, 0.2) is 217 Å². The molecule has 2 heteroatoms. The van der Waals surface area contributed by atoms with Crippen molar-refractivity contribution in [2.24, 2.45) is 0 Å². The van der Waals surface area contributed by atoms with Crippen LogP contribution in [0.4, 0.5) is 17.1 Å². The molecule has 262 valence electrons. The van der Waals surface area contributed by atoms with Gasteiger partial charge in [0, 0.05) is 33.1 Å². The van der Waals surface area contributed by atoms with Gasteiger partial charge in [0.25, 0.3) is 0 Å². The van der Waals surface area contributed by atoms with Crippen LogP contribution in [0.3, 0.4) is 0 Å². The Morgan fingerprint density at radius 3 is 1.55 bits per heavy atom. The first-order valence-corrected chi connectivity index (χ1v) is 19.2. The van der Waals surface area contributed by atoms with Crippen molar-refractivity contribution < 1.29 is 4.42 Å². The zero-order valence-electron chi connectivity index (χ0n) is 30.6. The fourth-order valence-electron chi connectivity index (χ4n) is 8.44. The molecule has 56 heavy (non-hydrogen) atoms. The number of rotatable bonds is 6. The molecule has 2 nitrogen and oxygen atoms in total. The Balaban J connectivity index is 0.981. The lowest BCUT2D eigenvalue weighted by Crippen LogP contribution is -2.10. The van der Waals surface area contributed by atoms with Crippen LogP contribution in [-0.2, 0) is 0 Å². The summed E-state index contributed by atoms with van der Waals surface area (Å²) < 4.78 is 6.48. The molecule has 0 N–H and O–H groups in total. The number of nitrogens with zero attached hydrogens (tertiary/aromatic N) is 1. The summed E-state index contributed by atoms with van der Waals surface area (Å²) in [5.74, 6) is 0. The van der Waals surface area contributed by atoms with E-state index in [-0.39, 0.29) is 0 Å². The molecule has 0 saturated heterocycles. The van der Waals surface area contributed by atoms with Crippen molar-refractivity contribution in [3.8, 4) is 33.4 Å². The van der Waals surface area contributed by atoms with Crippen LogP contribution in [0.2, 0.25) is 0 Å². The Morgan fingerprint density at radius 2 is 0.821 bits per heavy atom. The van der Waals surface area contributed by atoms with Gasteiger partial charge in [-0.3, -0.25) is 0 Å². The SMILES string of the molecule is c1ccc(-c2cccc3c2oc2ccc(-c4ccc(N(c5ccc(-c6ccc7ccc8ccccc8c7c6)cc5)c5cccc6ccccc56)cc4)cc23)cc1. The molecule has 11 rings (SSSR count). The molecule has 11 aromatic rings. The molecular formula is C54H35NO. The van der Waals surface area contributed by atoms with Gasteiger partial charge in [-0.05, 0) is 103 Å². The predicted molar refractivity (Wildman–Crippen MR) is 237 cm³/mol. The number of benzene rings is 10. The van der Waals surface area contributed by atoms with Crippen molar-refractivity contribution >= 4 is 71.3 Å². The maximum absolute atomic E-state index is 6.48. The summed E-state index contributed by atoms with van der Waals surface area (Å²) in [4.78, 5) is 2.38. The van der Waals surface area contributed by atoms with Gasteiger partial charge >= 0.3 is 0 Å². The number of hydrogen-bond donors (Lipinski definition) is 0. The van der Waals surface area contributed by atoms with Gasteiger partial charge in [-0.2, -0.15) is 0 Å². The Morgan fingerprint density at radius 1 is 0.304 bits per heavy atom. The molecule has 0 aliphatic rings. The van der Waals surface area contributed by atoms with Crippen molar-refractivity contribution in [1.29, 1.82) is 0 Å². The second-order valence-corrected chi connectivity index (χ2v) is 14.5. The van der Waals surface area contributed by atoms with E-state index in [9.17, 15) is 0 Å². The lowest BCUT2D eigenvalue weighted by atomic mass is 9.97. The first-order valence-electron chi connectivity index (χ1n) is 19.2. The topological polar surface area (TPSA) is 16.4 Å². The van der Waals surface area contributed by atoms with Crippen molar-refractivity contribution in [2.75, 3.05) is 4.90 Å².